The van der Waals surface area contributed by atoms with Gasteiger partial charge in [0, 0.05) is 13.1 Å². The second kappa shape index (κ2) is 9.71. The molecule has 2 amide bonds. The van der Waals surface area contributed by atoms with Gasteiger partial charge < -0.3 is 15.0 Å². The summed E-state index contributed by atoms with van der Waals surface area (Å²) in [6, 6.07) is 12.6. The monoisotopic (exact) mass is 372 g/mol. The standard InChI is InChI=1S/C21H25FN2O3/c1-4-23-21(26)16(3)24(13-17-8-10-18(22)11-9-17)20(25)14-27-19-7-5-6-15(2)12-19/h5-12,16H,4,13-14H2,1-3H3,(H,23,26). The fourth-order valence-corrected chi connectivity index (χ4v) is 2.62. The molecule has 2 aromatic rings. The van der Waals surface area contributed by atoms with Gasteiger partial charge in [-0.2, -0.15) is 0 Å². The molecule has 0 fully saturated rings. The molecule has 0 aliphatic carbocycles. The summed E-state index contributed by atoms with van der Waals surface area (Å²) in [4.78, 5) is 26.5. The largest absolute Gasteiger partial charge is 0.484 e. The van der Waals surface area contributed by atoms with Gasteiger partial charge in [0.25, 0.3) is 5.91 Å². The van der Waals surface area contributed by atoms with E-state index in [1.807, 2.05) is 32.0 Å². The smallest absolute Gasteiger partial charge is 0.261 e. The molecule has 0 aromatic heterocycles. The molecule has 0 bridgehead atoms. The lowest BCUT2D eigenvalue weighted by atomic mass is 10.1. The summed E-state index contributed by atoms with van der Waals surface area (Å²) >= 11 is 0. The molecule has 2 rings (SSSR count). The normalized spacial score (nSPS) is 11.6. The third-order valence-corrected chi connectivity index (χ3v) is 4.14. The summed E-state index contributed by atoms with van der Waals surface area (Å²) in [5.74, 6) is -0.324. The summed E-state index contributed by atoms with van der Waals surface area (Å²) in [5.41, 5.74) is 1.76. The van der Waals surface area contributed by atoms with Gasteiger partial charge in [0.2, 0.25) is 5.91 Å². The number of carbonyl (C=O) groups is 2. The second-order valence-corrected chi connectivity index (χ2v) is 6.32. The van der Waals surface area contributed by atoms with Crippen molar-refractivity contribution in [3.05, 3.63) is 65.5 Å². The number of halogens is 1. The highest BCUT2D eigenvalue weighted by molar-refractivity contribution is 5.87. The predicted molar refractivity (Wildman–Crippen MR) is 102 cm³/mol. The molecular weight excluding hydrogens is 347 g/mol. The third-order valence-electron chi connectivity index (χ3n) is 4.14. The van der Waals surface area contributed by atoms with Crippen LogP contribution in [0.15, 0.2) is 48.5 Å². The zero-order valence-electron chi connectivity index (χ0n) is 15.9. The number of rotatable bonds is 8. The van der Waals surface area contributed by atoms with Crippen molar-refractivity contribution in [3.8, 4) is 5.75 Å². The van der Waals surface area contributed by atoms with Crippen molar-refractivity contribution in [2.75, 3.05) is 13.2 Å². The Morgan fingerprint density at radius 2 is 1.89 bits per heavy atom. The highest BCUT2D eigenvalue weighted by Crippen LogP contribution is 2.14. The van der Waals surface area contributed by atoms with Crippen molar-refractivity contribution in [2.24, 2.45) is 0 Å². The molecule has 0 radical (unpaired) electrons. The molecule has 1 N–H and O–H groups in total. The molecule has 27 heavy (non-hydrogen) atoms. The van der Waals surface area contributed by atoms with Gasteiger partial charge in [-0.1, -0.05) is 24.3 Å². The summed E-state index contributed by atoms with van der Waals surface area (Å²) in [6.07, 6.45) is 0. The maximum absolute atomic E-state index is 13.1. The molecular formula is C21H25FN2O3. The second-order valence-electron chi connectivity index (χ2n) is 6.32. The molecule has 0 spiro atoms. The molecule has 0 aliphatic heterocycles. The van der Waals surface area contributed by atoms with E-state index < -0.39 is 6.04 Å². The number of hydrogen-bond acceptors (Lipinski definition) is 3. The number of likely N-dealkylation sites (N-methyl/N-ethyl adjacent to an activating group) is 1. The minimum Gasteiger partial charge on any atom is -0.484 e. The van der Waals surface area contributed by atoms with Gasteiger partial charge >= 0.3 is 0 Å². The Labute approximate surface area is 159 Å². The Kier molecular flexibility index (Phi) is 7.34. The molecule has 5 nitrogen and oxygen atoms in total. The summed E-state index contributed by atoms with van der Waals surface area (Å²) in [5, 5.41) is 2.72. The van der Waals surface area contributed by atoms with Crippen molar-refractivity contribution >= 4 is 11.8 Å². The zero-order chi connectivity index (χ0) is 19.8. The molecule has 0 saturated carbocycles. The first kappa shape index (κ1) is 20.4. The average Bonchev–Trinajstić information content (AvgIpc) is 2.65. The van der Waals surface area contributed by atoms with Crippen molar-refractivity contribution in [1.82, 2.24) is 10.2 Å². The minimum absolute atomic E-state index is 0.186. The molecule has 6 heteroatoms. The van der Waals surface area contributed by atoms with Crippen LogP contribution in [0.1, 0.15) is 25.0 Å². The molecule has 0 saturated heterocycles. The van der Waals surface area contributed by atoms with E-state index in [0.717, 1.165) is 11.1 Å². The topological polar surface area (TPSA) is 58.6 Å². The lowest BCUT2D eigenvalue weighted by Crippen LogP contribution is -2.49. The van der Waals surface area contributed by atoms with Gasteiger partial charge in [-0.3, -0.25) is 9.59 Å². The number of amides is 2. The van der Waals surface area contributed by atoms with Gasteiger partial charge in [-0.25, -0.2) is 4.39 Å². The van der Waals surface area contributed by atoms with Crippen LogP contribution in [0.3, 0.4) is 0 Å². The Hall–Kier alpha value is -2.89. The first-order chi connectivity index (χ1) is 12.9. The van der Waals surface area contributed by atoms with Crippen LogP contribution in [0.5, 0.6) is 5.75 Å². The zero-order valence-corrected chi connectivity index (χ0v) is 15.9. The highest BCUT2D eigenvalue weighted by Gasteiger charge is 2.26. The van der Waals surface area contributed by atoms with E-state index in [1.54, 1.807) is 25.1 Å². The molecule has 0 aliphatic rings. The number of carbonyl (C=O) groups excluding carboxylic acids is 2. The molecule has 1 atom stereocenters. The summed E-state index contributed by atoms with van der Waals surface area (Å²) in [6.45, 7) is 5.90. The van der Waals surface area contributed by atoms with E-state index >= 15 is 0 Å². The van der Waals surface area contributed by atoms with Gasteiger partial charge in [0.1, 0.15) is 17.6 Å². The van der Waals surface area contributed by atoms with Crippen LogP contribution in [0.2, 0.25) is 0 Å². The molecule has 2 aromatic carbocycles. The lowest BCUT2D eigenvalue weighted by Gasteiger charge is -2.28. The first-order valence-electron chi connectivity index (χ1n) is 8.91. The molecule has 1 unspecified atom stereocenters. The highest BCUT2D eigenvalue weighted by atomic mass is 19.1. The predicted octanol–water partition coefficient (Wildman–Crippen LogP) is 3.07. The van der Waals surface area contributed by atoms with Gasteiger partial charge in [0.05, 0.1) is 0 Å². The Morgan fingerprint density at radius 1 is 1.19 bits per heavy atom. The van der Waals surface area contributed by atoms with Crippen LogP contribution in [-0.2, 0) is 16.1 Å². The number of benzene rings is 2. The Balaban J connectivity index is 2.12. The lowest BCUT2D eigenvalue weighted by molar-refractivity contribution is -0.142. The number of nitrogens with one attached hydrogen (secondary N) is 1. The van der Waals surface area contributed by atoms with Crippen LogP contribution < -0.4 is 10.1 Å². The van der Waals surface area contributed by atoms with Crippen molar-refractivity contribution in [1.29, 1.82) is 0 Å². The maximum Gasteiger partial charge on any atom is 0.261 e. The van der Waals surface area contributed by atoms with Gasteiger partial charge in [-0.15, -0.1) is 0 Å². The van der Waals surface area contributed by atoms with Crippen LogP contribution >= 0.6 is 0 Å². The van der Waals surface area contributed by atoms with Crippen molar-refractivity contribution in [2.45, 2.75) is 33.4 Å². The number of hydrogen-bond donors (Lipinski definition) is 1. The van der Waals surface area contributed by atoms with Crippen LogP contribution in [0.4, 0.5) is 4.39 Å². The van der Waals surface area contributed by atoms with E-state index in [2.05, 4.69) is 5.32 Å². The number of nitrogens with zero attached hydrogens (tertiary/aromatic N) is 1. The molecule has 0 heterocycles. The fraction of sp³-hybridized carbons (Fsp3) is 0.333. The van der Waals surface area contributed by atoms with Crippen molar-refractivity contribution in [3.63, 3.8) is 0 Å². The molecule has 144 valence electrons. The quantitative estimate of drug-likeness (QED) is 0.775. The Bertz CT molecular complexity index is 777. The summed E-state index contributed by atoms with van der Waals surface area (Å²) < 4.78 is 18.7. The fourth-order valence-electron chi connectivity index (χ4n) is 2.62. The summed E-state index contributed by atoms with van der Waals surface area (Å²) in [7, 11) is 0. The van der Waals surface area contributed by atoms with Crippen LogP contribution in [-0.4, -0.2) is 35.9 Å². The number of aryl methyl sites for hydroxylation is 1. The van der Waals surface area contributed by atoms with Gasteiger partial charge in [0.15, 0.2) is 6.61 Å². The minimum atomic E-state index is -0.677. The first-order valence-corrected chi connectivity index (χ1v) is 8.91. The van der Waals surface area contributed by atoms with Crippen LogP contribution in [0.25, 0.3) is 0 Å². The third kappa shape index (κ3) is 6.09. The van der Waals surface area contributed by atoms with Crippen molar-refractivity contribution < 1.29 is 18.7 Å². The Morgan fingerprint density at radius 3 is 2.52 bits per heavy atom. The van der Waals surface area contributed by atoms with E-state index in [4.69, 9.17) is 4.74 Å². The van der Waals surface area contributed by atoms with E-state index in [1.165, 1.54) is 17.0 Å². The maximum atomic E-state index is 13.1. The van der Waals surface area contributed by atoms with E-state index in [9.17, 15) is 14.0 Å². The van der Waals surface area contributed by atoms with E-state index in [0.29, 0.717) is 12.3 Å². The van der Waals surface area contributed by atoms with Gasteiger partial charge in [-0.05, 0) is 56.2 Å². The van der Waals surface area contributed by atoms with E-state index in [-0.39, 0.29) is 30.8 Å². The number of ether oxygens (including phenoxy) is 1. The SMILES string of the molecule is CCNC(=O)C(C)N(Cc1ccc(F)cc1)C(=O)COc1cccc(C)c1. The van der Waals surface area contributed by atoms with Crippen LogP contribution in [0, 0.1) is 12.7 Å². The average molecular weight is 372 g/mol.